The number of carbonyl (C=O) groups is 1. The summed E-state index contributed by atoms with van der Waals surface area (Å²) < 4.78 is 39.2. The first-order chi connectivity index (χ1) is 13.1. The summed E-state index contributed by atoms with van der Waals surface area (Å²) in [5.41, 5.74) is -4.98. The molecule has 1 aromatic carbocycles. The van der Waals surface area contributed by atoms with Crippen LogP contribution in [0.2, 0.25) is 0 Å². The number of benzene rings is 1. The predicted octanol–water partition coefficient (Wildman–Crippen LogP) is 2.50. The molecule has 1 N–H and O–H groups in total. The standard InChI is InChI=1S/C17H13F3N4O3S/c1-23-13-12(15(26)24(2)16(23)27)7-10(8-21-13)22-14(25)9-3-5-11(6-4-9)28-17(18,19)20/h3-8H,1-2H3,(H,22,25). The minimum absolute atomic E-state index is 0.0409. The number of anilines is 1. The van der Waals surface area contributed by atoms with E-state index in [0.29, 0.717) is 0 Å². The number of carbonyl (C=O) groups excluding carboxylic acids is 1. The predicted molar refractivity (Wildman–Crippen MR) is 98.5 cm³/mol. The third-order valence-electron chi connectivity index (χ3n) is 3.90. The largest absolute Gasteiger partial charge is 0.446 e. The van der Waals surface area contributed by atoms with Gasteiger partial charge in [-0.2, -0.15) is 13.2 Å². The third kappa shape index (κ3) is 3.93. The molecule has 0 unspecified atom stereocenters. The van der Waals surface area contributed by atoms with Crippen LogP contribution in [0.5, 0.6) is 0 Å². The molecule has 0 atom stereocenters. The molecular weight excluding hydrogens is 397 g/mol. The summed E-state index contributed by atoms with van der Waals surface area (Å²) in [6.07, 6.45) is 1.28. The van der Waals surface area contributed by atoms with E-state index in [9.17, 15) is 27.6 Å². The lowest BCUT2D eigenvalue weighted by atomic mass is 10.2. The van der Waals surface area contributed by atoms with E-state index >= 15 is 0 Å². The van der Waals surface area contributed by atoms with Gasteiger partial charge in [0.2, 0.25) is 0 Å². The van der Waals surface area contributed by atoms with Crippen molar-refractivity contribution in [1.29, 1.82) is 0 Å². The number of aryl methyl sites for hydroxylation is 1. The molecule has 0 fully saturated rings. The Bertz CT molecular complexity index is 1180. The van der Waals surface area contributed by atoms with Crippen LogP contribution in [0.1, 0.15) is 10.4 Å². The van der Waals surface area contributed by atoms with Crippen molar-refractivity contribution < 1.29 is 18.0 Å². The van der Waals surface area contributed by atoms with Crippen LogP contribution < -0.4 is 16.6 Å². The topological polar surface area (TPSA) is 86.0 Å². The zero-order valence-corrected chi connectivity index (χ0v) is 15.4. The van der Waals surface area contributed by atoms with E-state index in [-0.39, 0.29) is 38.9 Å². The lowest BCUT2D eigenvalue weighted by Crippen LogP contribution is -2.37. The van der Waals surface area contributed by atoms with Gasteiger partial charge in [0.05, 0.1) is 17.3 Å². The van der Waals surface area contributed by atoms with E-state index in [2.05, 4.69) is 10.3 Å². The average Bonchev–Trinajstić information content (AvgIpc) is 2.64. The Kier molecular flexibility index (Phi) is 5.02. The number of hydrogen-bond acceptors (Lipinski definition) is 5. The van der Waals surface area contributed by atoms with E-state index in [1.807, 2.05) is 0 Å². The second kappa shape index (κ2) is 7.15. The van der Waals surface area contributed by atoms with Gasteiger partial charge in [-0.1, -0.05) is 0 Å². The summed E-state index contributed by atoms with van der Waals surface area (Å²) in [6, 6.07) is 6.30. The molecule has 7 nitrogen and oxygen atoms in total. The molecule has 0 radical (unpaired) electrons. The van der Waals surface area contributed by atoms with Crippen LogP contribution in [0.3, 0.4) is 0 Å². The number of nitrogens with zero attached hydrogens (tertiary/aromatic N) is 3. The number of thioether (sulfide) groups is 1. The number of alkyl halides is 3. The Morgan fingerprint density at radius 1 is 1.11 bits per heavy atom. The quantitative estimate of drug-likeness (QED) is 0.671. The molecule has 1 amide bonds. The number of halogens is 3. The van der Waals surface area contributed by atoms with Gasteiger partial charge in [0.15, 0.2) is 0 Å². The van der Waals surface area contributed by atoms with E-state index in [0.717, 1.165) is 4.57 Å². The molecule has 2 aromatic heterocycles. The highest BCUT2D eigenvalue weighted by Crippen LogP contribution is 2.36. The first-order valence-corrected chi connectivity index (χ1v) is 8.61. The van der Waals surface area contributed by atoms with Gasteiger partial charge >= 0.3 is 11.2 Å². The van der Waals surface area contributed by atoms with Gasteiger partial charge in [-0.05, 0) is 42.1 Å². The number of pyridine rings is 1. The molecule has 0 saturated heterocycles. The SMILES string of the molecule is Cn1c(=O)c2cc(NC(=O)c3ccc(SC(F)(F)F)cc3)cnc2n(C)c1=O. The minimum Gasteiger partial charge on any atom is -0.321 e. The summed E-state index contributed by atoms with van der Waals surface area (Å²) >= 11 is -0.275. The molecule has 3 rings (SSSR count). The Morgan fingerprint density at radius 2 is 1.75 bits per heavy atom. The van der Waals surface area contributed by atoms with Crippen LogP contribution in [0.25, 0.3) is 11.0 Å². The lowest BCUT2D eigenvalue weighted by Gasteiger charge is -2.10. The van der Waals surface area contributed by atoms with Crippen LogP contribution in [0.4, 0.5) is 18.9 Å². The molecule has 28 heavy (non-hydrogen) atoms. The lowest BCUT2D eigenvalue weighted by molar-refractivity contribution is -0.0328. The van der Waals surface area contributed by atoms with Crippen molar-refractivity contribution >= 4 is 34.4 Å². The summed E-state index contributed by atoms with van der Waals surface area (Å²) in [5.74, 6) is -0.577. The van der Waals surface area contributed by atoms with Crippen LogP contribution in [0, 0.1) is 0 Å². The third-order valence-corrected chi connectivity index (χ3v) is 4.64. The fourth-order valence-electron chi connectivity index (χ4n) is 2.54. The highest BCUT2D eigenvalue weighted by atomic mass is 32.2. The maximum atomic E-state index is 12.4. The number of hydrogen-bond donors (Lipinski definition) is 1. The Labute approximate surface area is 159 Å². The molecule has 0 aliphatic rings. The summed E-state index contributed by atoms with van der Waals surface area (Å²) in [5, 5.41) is 2.67. The maximum absolute atomic E-state index is 12.4. The maximum Gasteiger partial charge on any atom is 0.446 e. The van der Waals surface area contributed by atoms with Gasteiger partial charge in [0.1, 0.15) is 5.65 Å². The smallest absolute Gasteiger partial charge is 0.321 e. The first kappa shape index (κ1) is 19.7. The van der Waals surface area contributed by atoms with Gasteiger partial charge in [-0.25, -0.2) is 9.78 Å². The molecule has 0 saturated carbocycles. The van der Waals surface area contributed by atoms with Gasteiger partial charge < -0.3 is 5.32 Å². The van der Waals surface area contributed by atoms with E-state index in [1.54, 1.807) is 0 Å². The average molecular weight is 410 g/mol. The fourth-order valence-corrected chi connectivity index (χ4v) is 3.08. The van der Waals surface area contributed by atoms with E-state index in [4.69, 9.17) is 0 Å². The Morgan fingerprint density at radius 3 is 2.36 bits per heavy atom. The van der Waals surface area contributed by atoms with Crippen LogP contribution in [-0.4, -0.2) is 25.5 Å². The molecule has 2 heterocycles. The van der Waals surface area contributed by atoms with Gasteiger partial charge in [0, 0.05) is 24.6 Å². The van der Waals surface area contributed by atoms with Crippen molar-refractivity contribution in [2.75, 3.05) is 5.32 Å². The minimum atomic E-state index is -4.41. The molecule has 3 aromatic rings. The van der Waals surface area contributed by atoms with E-state index in [1.165, 1.54) is 55.2 Å². The van der Waals surface area contributed by atoms with Crippen LogP contribution >= 0.6 is 11.8 Å². The van der Waals surface area contributed by atoms with Crippen LogP contribution in [-0.2, 0) is 14.1 Å². The van der Waals surface area contributed by atoms with Crippen molar-refractivity contribution in [2.45, 2.75) is 10.4 Å². The monoisotopic (exact) mass is 410 g/mol. The zero-order chi connectivity index (χ0) is 20.6. The van der Waals surface area contributed by atoms with E-state index < -0.39 is 22.7 Å². The highest BCUT2D eigenvalue weighted by molar-refractivity contribution is 8.00. The zero-order valence-electron chi connectivity index (χ0n) is 14.6. The number of aromatic nitrogens is 3. The van der Waals surface area contributed by atoms with Crippen molar-refractivity contribution in [3.05, 3.63) is 62.9 Å². The summed E-state index contributed by atoms with van der Waals surface area (Å²) in [7, 11) is 2.80. The normalized spacial score (nSPS) is 11.6. The second-order valence-electron chi connectivity index (χ2n) is 5.83. The molecule has 0 aliphatic carbocycles. The highest BCUT2D eigenvalue weighted by Gasteiger charge is 2.29. The van der Waals surface area contributed by atoms with Gasteiger partial charge in [-0.3, -0.25) is 18.7 Å². The summed E-state index contributed by atoms with van der Waals surface area (Å²) in [6.45, 7) is 0. The Hall–Kier alpha value is -3.08. The number of amides is 1. The molecule has 146 valence electrons. The number of rotatable bonds is 3. The van der Waals surface area contributed by atoms with Crippen molar-refractivity contribution in [1.82, 2.24) is 14.1 Å². The van der Waals surface area contributed by atoms with Crippen LogP contribution in [0.15, 0.2) is 51.0 Å². The number of fused-ring (bicyclic) bond motifs is 1. The fraction of sp³-hybridized carbons (Fsp3) is 0.176. The molecule has 0 spiro atoms. The molecule has 0 aliphatic heterocycles. The van der Waals surface area contributed by atoms with Gasteiger partial charge in [-0.15, -0.1) is 0 Å². The van der Waals surface area contributed by atoms with Crippen molar-refractivity contribution in [3.63, 3.8) is 0 Å². The Balaban J connectivity index is 1.87. The number of nitrogens with one attached hydrogen (secondary N) is 1. The van der Waals surface area contributed by atoms with Crippen molar-refractivity contribution in [2.24, 2.45) is 14.1 Å². The summed E-state index contributed by atoms with van der Waals surface area (Å²) in [4.78, 5) is 40.5. The first-order valence-electron chi connectivity index (χ1n) is 7.80. The van der Waals surface area contributed by atoms with Crippen molar-refractivity contribution in [3.8, 4) is 0 Å². The molecule has 11 heteroatoms. The second-order valence-corrected chi connectivity index (χ2v) is 6.97. The van der Waals surface area contributed by atoms with Gasteiger partial charge in [0.25, 0.3) is 11.5 Å². The molecule has 0 bridgehead atoms. The molecular formula is C17H13F3N4O3S.